The van der Waals surface area contributed by atoms with Gasteiger partial charge in [0, 0.05) is 6.04 Å². The van der Waals surface area contributed by atoms with Crippen molar-refractivity contribution in [2.45, 2.75) is 52.1 Å². The van der Waals surface area contributed by atoms with E-state index in [2.05, 4.69) is 35.2 Å². The number of hydrogen-bond donors (Lipinski definition) is 2. The van der Waals surface area contributed by atoms with E-state index in [0.717, 1.165) is 23.4 Å². The zero-order chi connectivity index (χ0) is 12.8. The fourth-order valence-electron chi connectivity index (χ4n) is 2.16. The molecule has 98 valence electrons. The van der Waals surface area contributed by atoms with E-state index in [9.17, 15) is 0 Å². The minimum absolute atomic E-state index is 0.560. The van der Waals surface area contributed by atoms with Crippen LogP contribution in [0.5, 0.6) is 0 Å². The quantitative estimate of drug-likeness (QED) is 0.731. The Labute approximate surface area is 109 Å². The number of para-hydroxylation sites is 2. The summed E-state index contributed by atoms with van der Waals surface area (Å²) in [4.78, 5) is 7.91. The average molecular weight is 245 g/mol. The molecular weight excluding hydrogens is 222 g/mol. The number of benzene rings is 1. The monoisotopic (exact) mass is 245 g/mol. The van der Waals surface area contributed by atoms with Gasteiger partial charge in [-0.05, 0) is 25.5 Å². The van der Waals surface area contributed by atoms with Crippen LogP contribution in [0.3, 0.4) is 0 Å². The van der Waals surface area contributed by atoms with E-state index >= 15 is 0 Å². The molecule has 0 aliphatic heterocycles. The molecule has 1 atom stereocenters. The highest BCUT2D eigenvalue weighted by Crippen LogP contribution is 2.10. The minimum atomic E-state index is 0.560. The molecule has 0 amide bonds. The number of H-pyrrole nitrogens is 1. The smallest absolute Gasteiger partial charge is 0.121 e. The summed E-state index contributed by atoms with van der Waals surface area (Å²) in [5.74, 6) is 1.03. The summed E-state index contributed by atoms with van der Waals surface area (Å²) >= 11 is 0. The number of imidazole rings is 1. The molecule has 1 heterocycles. The predicted molar refractivity (Wildman–Crippen MR) is 76.5 cm³/mol. The molecule has 0 saturated heterocycles. The van der Waals surface area contributed by atoms with Crippen LogP contribution in [0.15, 0.2) is 24.3 Å². The van der Waals surface area contributed by atoms with Crippen LogP contribution in [0.2, 0.25) is 0 Å². The Balaban J connectivity index is 1.82. The van der Waals surface area contributed by atoms with E-state index in [0.29, 0.717) is 6.04 Å². The van der Waals surface area contributed by atoms with Crippen molar-refractivity contribution >= 4 is 11.0 Å². The molecule has 2 N–H and O–H groups in total. The molecule has 2 rings (SSSR count). The molecule has 0 radical (unpaired) electrons. The molecule has 0 fully saturated rings. The van der Waals surface area contributed by atoms with Gasteiger partial charge in [-0.25, -0.2) is 4.98 Å². The maximum atomic E-state index is 4.56. The van der Waals surface area contributed by atoms with Crippen LogP contribution in [-0.2, 0) is 6.54 Å². The van der Waals surface area contributed by atoms with Gasteiger partial charge >= 0.3 is 0 Å². The second-order valence-corrected chi connectivity index (χ2v) is 4.98. The van der Waals surface area contributed by atoms with Gasteiger partial charge in [0.1, 0.15) is 5.82 Å². The van der Waals surface area contributed by atoms with Gasteiger partial charge in [0.05, 0.1) is 17.6 Å². The lowest BCUT2D eigenvalue weighted by Crippen LogP contribution is -2.25. The van der Waals surface area contributed by atoms with Crippen LogP contribution in [-0.4, -0.2) is 16.0 Å². The first-order valence-corrected chi connectivity index (χ1v) is 6.96. The first-order valence-electron chi connectivity index (χ1n) is 6.96. The molecule has 18 heavy (non-hydrogen) atoms. The first-order chi connectivity index (χ1) is 8.79. The van der Waals surface area contributed by atoms with Crippen molar-refractivity contribution in [1.82, 2.24) is 15.3 Å². The molecule has 0 saturated carbocycles. The van der Waals surface area contributed by atoms with Crippen molar-refractivity contribution in [3.05, 3.63) is 30.1 Å². The van der Waals surface area contributed by atoms with E-state index in [1.807, 2.05) is 18.2 Å². The molecule has 2 aromatic rings. The number of nitrogens with zero attached hydrogens (tertiary/aromatic N) is 1. The summed E-state index contributed by atoms with van der Waals surface area (Å²) in [7, 11) is 0. The number of fused-ring (bicyclic) bond motifs is 1. The van der Waals surface area contributed by atoms with Crippen molar-refractivity contribution in [3.8, 4) is 0 Å². The van der Waals surface area contributed by atoms with Gasteiger partial charge in [-0.1, -0.05) is 38.3 Å². The summed E-state index contributed by atoms with van der Waals surface area (Å²) in [5.41, 5.74) is 2.17. The third-order valence-electron chi connectivity index (χ3n) is 3.30. The molecule has 3 heteroatoms. The van der Waals surface area contributed by atoms with E-state index in [4.69, 9.17) is 0 Å². The van der Waals surface area contributed by atoms with E-state index in [-0.39, 0.29) is 0 Å². The highest BCUT2D eigenvalue weighted by atomic mass is 15.0. The van der Waals surface area contributed by atoms with Gasteiger partial charge in [0.2, 0.25) is 0 Å². The lowest BCUT2D eigenvalue weighted by Gasteiger charge is -2.12. The van der Waals surface area contributed by atoms with Gasteiger partial charge in [-0.2, -0.15) is 0 Å². The summed E-state index contributed by atoms with van der Waals surface area (Å²) in [5, 5.41) is 3.53. The lowest BCUT2D eigenvalue weighted by molar-refractivity contribution is 0.481. The number of hydrogen-bond acceptors (Lipinski definition) is 2. The zero-order valence-corrected chi connectivity index (χ0v) is 11.4. The standard InChI is InChI=1S/C15H23N3/c1-3-4-5-8-12(2)16-11-15-17-13-9-6-7-10-14(13)18-15/h6-7,9-10,12,16H,3-5,8,11H2,1-2H3,(H,17,18). The molecule has 3 nitrogen and oxygen atoms in total. The second-order valence-electron chi connectivity index (χ2n) is 4.98. The Morgan fingerprint density at radius 2 is 2.11 bits per heavy atom. The molecule has 1 aromatic carbocycles. The van der Waals surface area contributed by atoms with Crippen LogP contribution in [0.1, 0.15) is 45.4 Å². The third kappa shape index (κ3) is 3.57. The zero-order valence-electron chi connectivity index (χ0n) is 11.4. The summed E-state index contributed by atoms with van der Waals surface area (Å²) in [6.07, 6.45) is 5.17. The van der Waals surface area contributed by atoms with Crippen LogP contribution < -0.4 is 5.32 Å². The largest absolute Gasteiger partial charge is 0.341 e. The first kappa shape index (κ1) is 13.1. The topological polar surface area (TPSA) is 40.7 Å². The minimum Gasteiger partial charge on any atom is -0.341 e. The van der Waals surface area contributed by atoms with E-state index in [1.165, 1.54) is 25.7 Å². The fraction of sp³-hybridized carbons (Fsp3) is 0.533. The number of rotatable bonds is 7. The maximum Gasteiger partial charge on any atom is 0.121 e. The molecule has 0 bridgehead atoms. The fourth-order valence-corrected chi connectivity index (χ4v) is 2.16. The number of nitrogens with one attached hydrogen (secondary N) is 2. The van der Waals surface area contributed by atoms with Crippen molar-refractivity contribution in [2.24, 2.45) is 0 Å². The van der Waals surface area contributed by atoms with Gasteiger partial charge in [0.15, 0.2) is 0 Å². The van der Waals surface area contributed by atoms with Crippen LogP contribution in [0.4, 0.5) is 0 Å². The van der Waals surface area contributed by atoms with Crippen molar-refractivity contribution in [3.63, 3.8) is 0 Å². The SMILES string of the molecule is CCCCCC(C)NCc1nc2ccccc2[nH]1. The molecule has 0 spiro atoms. The van der Waals surface area contributed by atoms with Crippen LogP contribution >= 0.6 is 0 Å². The normalized spacial score (nSPS) is 13.0. The van der Waals surface area contributed by atoms with Crippen molar-refractivity contribution in [2.75, 3.05) is 0 Å². The predicted octanol–water partition coefficient (Wildman–Crippen LogP) is 3.62. The average Bonchev–Trinajstić information content (AvgIpc) is 2.79. The van der Waals surface area contributed by atoms with Gasteiger partial charge in [-0.15, -0.1) is 0 Å². The Hall–Kier alpha value is -1.35. The molecule has 0 aliphatic carbocycles. The highest BCUT2D eigenvalue weighted by Gasteiger charge is 2.04. The van der Waals surface area contributed by atoms with Gasteiger partial charge in [-0.3, -0.25) is 0 Å². The Morgan fingerprint density at radius 3 is 2.89 bits per heavy atom. The Morgan fingerprint density at radius 1 is 1.28 bits per heavy atom. The second kappa shape index (κ2) is 6.55. The van der Waals surface area contributed by atoms with Crippen molar-refractivity contribution < 1.29 is 0 Å². The van der Waals surface area contributed by atoms with Gasteiger partial charge < -0.3 is 10.3 Å². The molecule has 0 aliphatic rings. The summed E-state index contributed by atoms with van der Waals surface area (Å²) in [6.45, 7) is 5.31. The Kier molecular flexibility index (Phi) is 4.76. The summed E-state index contributed by atoms with van der Waals surface area (Å²) in [6, 6.07) is 8.72. The molecule has 1 unspecified atom stereocenters. The lowest BCUT2D eigenvalue weighted by atomic mass is 10.1. The number of aromatic nitrogens is 2. The van der Waals surface area contributed by atoms with Gasteiger partial charge in [0.25, 0.3) is 0 Å². The van der Waals surface area contributed by atoms with E-state index < -0.39 is 0 Å². The van der Waals surface area contributed by atoms with E-state index in [1.54, 1.807) is 0 Å². The highest BCUT2D eigenvalue weighted by molar-refractivity contribution is 5.74. The molecule has 1 aromatic heterocycles. The Bertz CT molecular complexity index is 442. The number of aromatic amines is 1. The van der Waals surface area contributed by atoms with Crippen LogP contribution in [0, 0.1) is 0 Å². The summed E-state index contributed by atoms with van der Waals surface area (Å²) < 4.78 is 0. The van der Waals surface area contributed by atoms with Crippen LogP contribution in [0.25, 0.3) is 11.0 Å². The maximum absolute atomic E-state index is 4.56. The third-order valence-corrected chi connectivity index (χ3v) is 3.30. The molecular formula is C15H23N3. The number of unbranched alkanes of at least 4 members (excludes halogenated alkanes) is 2. The van der Waals surface area contributed by atoms with Crippen molar-refractivity contribution in [1.29, 1.82) is 0 Å².